The highest BCUT2D eigenvalue weighted by atomic mass is 19.1. The van der Waals surface area contributed by atoms with E-state index < -0.39 is 17.8 Å². The molecule has 2 atom stereocenters. The van der Waals surface area contributed by atoms with Crippen LogP contribution >= 0.6 is 0 Å². The molecule has 3 aromatic rings. The molecule has 9 nitrogen and oxygen atoms in total. The van der Waals surface area contributed by atoms with Crippen LogP contribution in [0.25, 0.3) is 0 Å². The van der Waals surface area contributed by atoms with Crippen molar-refractivity contribution in [2.75, 3.05) is 23.7 Å². The van der Waals surface area contributed by atoms with E-state index in [1.165, 1.54) is 48.5 Å². The first-order valence-corrected chi connectivity index (χ1v) is 11.5. The summed E-state index contributed by atoms with van der Waals surface area (Å²) in [5.41, 5.74) is 0.996. The van der Waals surface area contributed by atoms with E-state index >= 15 is 0 Å². The third kappa shape index (κ3) is 4.57. The van der Waals surface area contributed by atoms with E-state index in [2.05, 4.69) is 10.6 Å². The second-order valence-electron chi connectivity index (χ2n) is 9.05. The number of carbonyl (C=O) groups is 3. The van der Waals surface area contributed by atoms with Gasteiger partial charge in [-0.25, -0.2) is 9.18 Å². The van der Waals surface area contributed by atoms with Crippen LogP contribution in [0.2, 0.25) is 0 Å². The maximum atomic E-state index is 13.4. The van der Waals surface area contributed by atoms with Crippen molar-refractivity contribution in [1.29, 1.82) is 0 Å². The predicted molar refractivity (Wildman–Crippen MR) is 127 cm³/mol. The first kappa shape index (κ1) is 23.3. The number of hydrogen-bond acceptors (Lipinski definition) is 5. The number of aromatic carboxylic acids is 1. The van der Waals surface area contributed by atoms with E-state index in [1.54, 1.807) is 21.6 Å². The van der Waals surface area contributed by atoms with Gasteiger partial charge in [0.1, 0.15) is 11.5 Å². The second kappa shape index (κ2) is 9.29. The summed E-state index contributed by atoms with van der Waals surface area (Å²) in [6, 6.07) is 13.8. The van der Waals surface area contributed by atoms with Gasteiger partial charge < -0.3 is 30.0 Å². The number of piperidine rings is 1. The van der Waals surface area contributed by atoms with Crippen molar-refractivity contribution >= 4 is 29.3 Å². The van der Waals surface area contributed by atoms with Crippen molar-refractivity contribution in [2.24, 2.45) is 5.92 Å². The average molecular weight is 489 g/mol. The number of nitrogens with zero attached hydrogens (tertiary/aromatic N) is 2. The van der Waals surface area contributed by atoms with Crippen LogP contribution in [0.5, 0.6) is 0 Å². The van der Waals surface area contributed by atoms with Gasteiger partial charge in [0.15, 0.2) is 0 Å². The zero-order valence-electron chi connectivity index (χ0n) is 19.1. The van der Waals surface area contributed by atoms with E-state index in [9.17, 15) is 28.7 Å². The molecular formula is C26H22FN4O5-. The number of rotatable bonds is 4. The molecule has 184 valence electrons. The van der Waals surface area contributed by atoms with E-state index in [4.69, 9.17) is 0 Å². The Hall–Kier alpha value is -4.47. The second-order valence-corrected chi connectivity index (χ2v) is 9.05. The average Bonchev–Trinajstić information content (AvgIpc) is 2.85. The molecule has 5 rings (SSSR count). The summed E-state index contributed by atoms with van der Waals surface area (Å²) in [6.45, 7) is 1.19. The lowest BCUT2D eigenvalue weighted by Crippen LogP contribution is -2.49. The molecule has 2 bridgehead atoms. The van der Waals surface area contributed by atoms with Crippen LogP contribution in [0.4, 0.5) is 20.6 Å². The van der Waals surface area contributed by atoms with Gasteiger partial charge in [0.2, 0.25) is 0 Å². The molecule has 1 aromatic heterocycles. The zero-order valence-corrected chi connectivity index (χ0v) is 19.1. The number of carboxylic acid groups (broad SMARTS) is 1. The number of fused-ring (bicyclic) bond motifs is 4. The Kier molecular flexibility index (Phi) is 6.01. The van der Waals surface area contributed by atoms with Crippen molar-refractivity contribution in [3.8, 4) is 0 Å². The Bertz CT molecular complexity index is 1440. The molecule has 1 saturated heterocycles. The first-order valence-electron chi connectivity index (χ1n) is 11.5. The van der Waals surface area contributed by atoms with E-state index in [0.717, 1.165) is 12.1 Å². The lowest BCUT2D eigenvalue weighted by molar-refractivity contribution is -0.255. The molecule has 2 aliphatic rings. The van der Waals surface area contributed by atoms with E-state index in [0.29, 0.717) is 19.6 Å². The van der Waals surface area contributed by atoms with Crippen LogP contribution < -0.4 is 21.3 Å². The van der Waals surface area contributed by atoms with Crippen molar-refractivity contribution in [1.82, 2.24) is 9.47 Å². The molecule has 1 fully saturated rings. The number of anilines is 2. The van der Waals surface area contributed by atoms with Crippen LogP contribution in [0.15, 0.2) is 65.5 Å². The lowest BCUT2D eigenvalue weighted by Gasteiger charge is -2.43. The summed E-state index contributed by atoms with van der Waals surface area (Å²) in [5, 5.41) is 16.2. The summed E-state index contributed by atoms with van der Waals surface area (Å²) in [7, 11) is 0. The number of aromatic nitrogens is 1. The van der Waals surface area contributed by atoms with Gasteiger partial charge >= 0.3 is 6.03 Å². The third-order valence-electron chi connectivity index (χ3n) is 6.57. The van der Waals surface area contributed by atoms with Gasteiger partial charge in [0.25, 0.3) is 11.5 Å². The number of likely N-dealkylation sites (tertiary alicyclic amines) is 1. The fourth-order valence-corrected chi connectivity index (χ4v) is 5.02. The summed E-state index contributed by atoms with van der Waals surface area (Å²) in [5.74, 6) is -2.15. The number of carboxylic acids is 1. The molecule has 0 spiro atoms. The van der Waals surface area contributed by atoms with Gasteiger partial charge in [-0.05, 0) is 60.4 Å². The Morgan fingerprint density at radius 1 is 0.917 bits per heavy atom. The summed E-state index contributed by atoms with van der Waals surface area (Å²) in [4.78, 5) is 51.5. The van der Waals surface area contributed by atoms with Crippen molar-refractivity contribution < 1.29 is 23.9 Å². The highest BCUT2D eigenvalue weighted by Gasteiger charge is 2.37. The molecule has 0 aliphatic carbocycles. The topological polar surface area (TPSA) is 124 Å². The molecule has 3 heterocycles. The molecule has 3 amide bonds. The monoisotopic (exact) mass is 489 g/mol. The number of benzene rings is 2. The fraction of sp³-hybridized carbons (Fsp3) is 0.231. The number of hydrogen-bond donors (Lipinski definition) is 2. The molecule has 2 N–H and O–H groups in total. The molecular weight excluding hydrogens is 467 g/mol. The first-order chi connectivity index (χ1) is 17.3. The minimum atomic E-state index is -1.34. The van der Waals surface area contributed by atoms with Crippen LogP contribution in [0, 0.1) is 11.7 Å². The molecule has 0 unspecified atom stereocenters. The Morgan fingerprint density at radius 2 is 1.69 bits per heavy atom. The van der Waals surface area contributed by atoms with E-state index in [-0.39, 0.29) is 45.8 Å². The number of urea groups is 1. The van der Waals surface area contributed by atoms with Crippen LogP contribution in [-0.4, -0.2) is 40.5 Å². The highest BCUT2D eigenvalue weighted by Crippen LogP contribution is 2.36. The molecule has 36 heavy (non-hydrogen) atoms. The quantitative estimate of drug-likeness (QED) is 0.582. The summed E-state index contributed by atoms with van der Waals surface area (Å²) < 4.78 is 15.0. The molecule has 10 heteroatoms. The minimum absolute atomic E-state index is 0.0265. The zero-order chi connectivity index (χ0) is 25.4. The highest BCUT2D eigenvalue weighted by molar-refractivity contribution is 5.99. The van der Waals surface area contributed by atoms with Crippen LogP contribution in [0.3, 0.4) is 0 Å². The third-order valence-corrected chi connectivity index (χ3v) is 6.57. The van der Waals surface area contributed by atoms with Gasteiger partial charge in [-0.1, -0.05) is 18.2 Å². The van der Waals surface area contributed by atoms with Crippen molar-refractivity contribution in [2.45, 2.75) is 18.9 Å². The maximum absolute atomic E-state index is 13.4. The maximum Gasteiger partial charge on any atom is 0.323 e. The Labute approximate surface area is 205 Å². The largest absolute Gasteiger partial charge is 0.545 e. The smallest absolute Gasteiger partial charge is 0.323 e. The minimum Gasteiger partial charge on any atom is -0.545 e. The molecule has 2 aromatic carbocycles. The SMILES string of the molecule is O=C(Nc1cccc(F)c1)Nc1ccc2n(c1=O)C[C@H]1C[C@@H]2CN(C(=O)c2cccc(C(=O)[O-])c2)C1. The number of carbonyl (C=O) groups excluding carboxylic acids is 3. The van der Waals surface area contributed by atoms with Gasteiger partial charge in [-0.2, -0.15) is 0 Å². The van der Waals surface area contributed by atoms with Crippen molar-refractivity contribution in [3.05, 3.63) is 93.7 Å². The molecule has 0 radical (unpaired) electrons. The van der Waals surface area contributed by atoms with Crippen LogP contribution in [-0.2, 0) is 6.54 Å². The lowest BCUT2D eigenvalue weighted by atomic mass is 9.83. The molecule has 0 saturated carbocycles. The van der Waals surface area contributed by atoms with Gasteiger partial charge in [0, 0.05) is 42.5 Å². The normalized spacial score (nSPS) is 18.2. The Morgan fingerprint density at radius 3 is 2.47 bits per heavy atom. The van der Waals surface area contributed by atoms with Gasteiger partial charge in [-0.3, -0.25) is 9.59 Å². The number of nitrogens with one attached hydrogen (secondary N) is 2. The van der Waals surface area contributed by atoms with Gasteiger partial charge in [0.05, 0.1) is 5.97 Å². The number of pyridine rings is 1. The number of amides is 3. The predicted octanol–water partition coefficient (Wildman–Crippen LogP) is 2.25. The fourth-order valence-electron chi connectivity index (χ4n) is 5.02. The standard InChI is InChI=1S/C26H23FN4O5/c27-19-5-2-6-20(11-19)28-26(36)29-21-7-8-22-18-9-15(13-31(22)24(21)33)12-30(14-18)23(32)16-3-1-4-17(10-16)25(34)35/h1-8,10-11,15,18H,9,12-14H2,(H,34,35)(H2,28,29,36)/p-1/t15-,18+/m0/s1. The van der Waals surface area contributed by atoms with Crippen LogP contribution in [0.1, 0.15) is 38.7 Å². The Balaban J connectivity index is 1.32. The summed E-state index contributed by atoms with van der Waals surface area (Å²) >= 11 is 0. The van der Waals surface area contributed by atoms with Crippen molar-refractivity contribution in [3.63, 3.8) is 0 Å². The van der Waals surface area contributed by atoms with Gasteiger partial charge in [-0.15, -0.1) is 0 Å². The molecule has 2 aliphatic heterocycles. The summed E-state index contributed by atoms with van der Waals surface area (Å²) in [6.07, 6.45) is 0.815. The van der Waals surface area contributed by atoms with E-state index in [1.807, 2.05) is 0 Å². The number of halogens is 1.